The maximum atomic E-state index is 12.1. The second-order valence-electron chi connectivity index (χ2n) is 6.09. The molecule has 8 heteroatoms. The summed E-state index contributed by atoms with van der Waals surface area (Å²) in [6.45, 7) is 5.01. The van der Waals surface area contributed by atoms with Crippen LogP contribution in [0.3, 0.4) is 0 Å². The number of nitrogens with zero attached hydrogens (tertiary/aromatic N) is 2. The Morgan fingerprint density at radius 2 is 1.76 bits per heavy atom. The zero-order valence-corrected chi connectivity index (χ0v) is 17.1. The molecular weight excluding hydrogens is 392 g/mol. The molecule has 0 fully saturated rings. The van der Waals surface area contributed by atoms with Crippen LogP contribution in [-0.4, -0.2) is 43.0 Å². The number of hydrogen-bond acceptors (Lipinski definition) is 5. The van der Waals surface area contributed by atoms with Crippen molar-refractivity contribution in [2.45, 2.75) is 13.8 Å². The van der Waals surface area contributed by atoms with E-state index in [1.807, 2.05) is 19.9 Å². The Kier molecular flexibility index (Phi) is 8.31. The summed E-state index contributed by atoms with van der Waals surface area (Å²) in [5.74, 6) is 0.00834. The van der Waals surface area contributed by atoms with Crippen LogP contribution in [0.2, 0.25) is 5.02 Å². The smallest absolute Gasteiger partial charge is 0.260 e. The van der Waals surface area contributed by atoms with E-state index < -0.39 is 0 Å². The number of benzene rings is 2. The van der Waals surface area contributed by atoms with Gasteiger partial charge in [-0.2, -0.15) is 5.26 Å². The zero-order valence-electron chi connectivity index (χ0n) is 16.4. The number of rotatable bonds is 9. The van der Waals surface area contributed by atoms with Gasteiger partial charge in [0.25, 0.3) is 5.91 Å². The molecular formula is C21H23ClN4O3. The van der Waals surface area contributed by atoms with Gasteiger partial charge in [0.2, 0.25) is 5.91 Å². The highest BCUT2D eigenvalue weighted by molar-refractivity contribution is 6.32. The monoisotopic (exact) mass is 414 g/mol. The van der Waals surface area contributed by atoms with Crippen molar-refractivity contribution >= 4 is 34.8 Å². The minimum absolute atomic E-state index is 0.0557. The summed E-state index contributed by atoms with van der Waals surface area (Å²) >= 11 is 6.20. The van der Waals surface area contributed by atoms with Crippen LogP contribution < -0.4 is 15.4 Å². The molecule has 0 heterocycles. The van der Waals surface area contributed by atoms with E-state index in [2.05, 4.69) is 10.6 Å². The minimum atomic E-state index is -0.254. The van der Waals surface area contributed by atoms with E-state index in [0.29, 0.717) is 35.1 Å². The summed E-state index contributed by atoms with van der Waals surface area (Å²) in [5.41, 5.74) is 1.80. The predicted molar refractivity (Wildman–Crippen MR) is 113 cm³/mol. The molecule has 0 aromatic heterocycles. The highest BCUT2D eigenvalue weighted by atomic mass is 35.5. The third-order valence-electron chi connectivity index (χ3n) is 4.15. The summed E-state index contributed by atoms with van der Waals surface area (Å²) in [4.78, 5) is 25.8. The van der Waals surface area contributed by atoms with Crippen molar-refractivity contribution in [1.29, 1.82) is 5.26 Å². The Labute approximate surface area is 175 Å². The maximum absolute atomic E-state index is 12.1. The topological polar surface area (TPSA) is 94.5 Å². The van der Waals surface area contributed by atoms with Crippen LogP contribution in [0.4, 0.5) is 11.4 Å². The van der Waals surface area contributed by atoms with Crippen LogP contribution in [0.5, 0.6) is 5.75 Å². The fraction of sp³-hybridized carbons (Fsp3) is 0.286. The van der Waals surface area contributed by atoms with Crippen LogP contribution >= 0.6 is 11.6 Å². The third-order valence-corrected chi connectivity index (χ3v) is 4.45. The molecule has 2 rings (SSSR count). The lowest BCUT2D eigenvalue weighted by atomic mass is 10.2. The fourth-order valence-electron chi connectivity index (χ4n) is 2.55. The number of halogens is 1. The number of nitrogens with one attached hydrogen (secondary N) is 2. The van der Waals surface area contributed by atoms with Crippen molar-refractivity contribution in [3.05, 3.63) is 53.1 Å². The first-order chi connectivity index (χ1) is 14.0. The summed E-state index contributed by atoms with van der Waals surface area (Å²) < 4.78 is 5.50. The molecule has 0 aliphatic rings. The Bertz CT molecular complexity index is 890. The van der Waals surface area contributed by atoms with Gasteiger partial charge >= 0.3 is 0 Å². The van der Waals surface area contributed by atoms with E-state index in [1.54, 1.807) is 47.4 Å². The van der Waals surface area contributed by atoms with E-state index in [1.165, 1.54) is 0 Å². The largest absolute Gasteiger partial charge is 0.482 e. The number of ether oxygens (including phenoxy) is 1. The minimum Gasteiger partial charge on any atom is -0.482 e. The average Bonchev–Trinajstić information content (AvgIpc) is 2.73. The van der Waals surface area contributed by atoms with Crippen LogP contribution in [0.25, 0.3) is 0 Å². The zero-order chi connectivity index (χ0) is 21.2. The van der Waals surface area contributed by atoms with Gasteiger partial charge in [-0.15, -0.1) is 0 Å². The number of carbonyl (C=O) groups excluding carboxylic acids is 2. The Balaban J connectivity index is 1.86. The SMILES string of the molecule is CCN(CC)C(=O)COc1ccc(NC(=O)CNc2ccc(C#N)cc2)cc1Cl. The molecule has 0 radical (unpaired) electrons. The lowest BCUT2D eigenvalue weighted by molar-refractivity contribution is -0.133. The molecule has 0 saturated carbocycles. The van der Waals surface area contributed by atoms with E-state index in [0.717, 1.165) is 5.69 Å². The first kappa shape index (κ1) is 22.1. The summed E-state index contributed by atoms with van der Waals surface area (Å²) in [7, 11) is 0. The highest BCUT2D eigenvalue weighted by Gasteiger charge is 2.12. The average molecular weight is 415 g/mol. The van der Waals surface area contributed by atoms with E-state index in [-0.39, 0.29) is 25.0 Å². The van der Waals surface area contributed by atoms with Crippen LogP contribution in [0.15, 0.2) is 42.5 Å². The molecule has 29 heavy (non-hydrogen) atoms. The molecule has 0 bridgehead atoms. The van der Waals surface area contributed by atoms with Gasteiger partial charge in [0.1, 0.15) is 5.75 Å². The van der Waals surface area contributed by atoms with Crippen LogP contribution in [-0.2, 0) is 9.59 Å². The van der Waals surface area contributed by atoms with E-state index >= 15 is 0 Å². The summed E-state index contributed by atoms with van der Waals surface area (Å²) in [6.07, 6.45) is 0. The van der Waals surface area contributed by atoms with Gasteiger partial charge in [-0.25, -0.2) is 0 Å². The van der Waals surface area contributed by atoms with Gasteiger partial charge in [-0.1, -0.05) is 11.6 Å². The number of carbonyl (C=O) groups is 2. The van der Waals surface area contributed by atoms with Crippen molar-refractivity contribution in [1.82, 2.24) is 4.90 Å². The number of amides is 2. The second kappa shape index (κ2) is 10.9. The van der Waals surface area contributed by atoms with Gasteiger partial charge < -0.3 is 20.3 Å². The highest BCUT2D eigenvalue weighted by Crippen LogP contribution is 2.27. The lowest BCUT2D eigenvalue weighted by Gasteiger charge is -2.19. The predicted octanol–water partition coefficient (Wildman–Crippen LogP) is 3.51. The van der Waals surface area contributed by atoms with Crippen molar-refractivity contribution < 1.29 is 14.3 Å². The molecule has 0 spiro atoms. The van der Waals surface area contributed by atoms with Gasteiger partial charge in [-0.05, 0) is 56.3 Å². The molecule has 2 amide bonds. The van der Waals surface area contributed by atoms with Crippen molar-refractivity contribution in [3.8, 4) is 11.8 Å². The Morgan fingerprint density at radius 3 is 2.34 bits per heavy atom. The van der Waals surface area contributed by atoms with Crippen molar-refractivity contribution in [3.63, 3.8) is 0 Å². The van der Waals surface area contributed by atoms with E-state index in [4.69, 9.17) is 21.6 Å². The van der Waals surface area contributed by atoms with Gasteiger partial charge in [0, 0.05) is 24.5 Å². The first-order valence-corrected chi connectivity index (χ1v) is 9.58. The normalized spacial score (nSPS) is 10.0. The van der Waals surface area contributed by atoms with Gasteiger partial charge in [-0.3, -0.25) is 9.59 Å². The number of anilines is 2. The summed E-state index contributed by atoms with van der Waals surface area (Å²) in [6, 6.07) is 13.7. The van der Waals surface area contributed by atoms with Crippen molar-refractivity contribution in [2.24, 2.45) is 0 Å². The number of likely N-dealkylation sites (N-methyl/N-ethyl adjacent to an activating group) is 1. The Morgan fingerprint density at radius 1 is 1.10 bits per heavy atom. The fourth-order valence-corrected chi connectivity index (χ4v) is 2.79. The third kappa shape index (κ3) is 6.70. The van der Waals surface area contributed by atoms with Crippen LogP contribution in [0, 0.1) is 11.3 Å². The molecule has 2 N–H and O–H groups in total. The summed E-state index contributed by atoms with van der Waals surface area (Å²) in [5, 5.41) is 14.8. The maximum Gasteiger partial charge on any atom is 0.260 e. The number of nitriles is 1. The second-order valence-corrected chi connectivity index (χ2v) is 6.50. The molecule has 0 unspecified atom stereocenters. The molecule has 0 aliphatic heterocycles. The standard InChI is InChI=1S/C21H23ClN4O3/c1-3-26(4-2)21(28)14-29-19-10-9-17(11-18(19)22)25-20(27)13-24-16-7-5-15(12-23)6-8-16/h5-11,24H,3-4,13-14H2,1-2H3,(H,25,27). The molecule has 152 valence electrons. The van der Waals surface area contributed by atoms with E-state index in [9.17, 15) is 9.59 Å². The molecule has 7 nitrogen and oxygen atoms in total. The van der Waals surface area contributed by atoms with Crippen molar-refractivity contribution in [2.75, 3.05) is 36.9 Å². The van der Waals surface area contributed by atoms with Gasteiger partial charge in [0.15, 0.2) is 6.61 Å². The molecule has 0 saturated heterocycles. The molecule has 0 atom stereocenters. The number of hydrogen-bond donors (Lipinski definition) is 2. The van der Waals surface area contributed by atoms with Crippen LogP contribution in [0.1, 0.15) is 19.4 Å². The van der Waals surface area contributed by atoms with Gasteiger partial charge in [0.05, 0.1) is 23.2 Å². The first-order valence-electron chi connectivity index (χ1n) is 9.20. The lowest BCUT2D eigenvalue weighted by Crippen LogP contribution is -2.34. The molecule has 2 aromatic carbocycles. The Hall–Kier alpha value is -3.24. The molecule has 2 aromatic rings. The quantitative estimate of drug-likeness (QED) is 0.654. The molecule has 0 aliphatic carbocycles.